The third kappa shape index (κ3) is 7.03. The molecule has 0 bridgehead atoms. The molecule has 2 heteroatoms. The van der Waals surface area contributed by atoms with E-state index in [1.165, 1.54) is 0 Å². The molecule has 2 nitrogen and oxygen atoms in total. The fraction of sp³-hybridized carbons (Fsp3) is 0.419. The summed E-state index contributed by atoms with van der Waals surface area (Å²) >= 11 is 0. The first-order valence-corrected chi connectivity index (χ1v) is 12.3. The van der Waals surface area contributed by atoms with Gasteiger partial charge in [-0.25, -0.2) is 0 Å². The second-order valence-corrected chi connectivity index (χ2v) is 8.71. The Morgan fingerprint density at radius 2 is 1.45 bits per heavy atom. The molecule has 1 aliphatic rings. The predicted octanol–water partition coefficient (Wildman–Crippen LogP) is 8.78. The molecule has 0 saturated carbocycles. The summed E-state index contributed by atoms with van der Waals surface area (Å²) in [5.74, 6) is -0.177. The molecule has 1 aliphatic carbocycles. The second kappa shape index (κ2) is 13.6. The van der Waals surface area contributed by atoms with Gasteiger partial charge in [0.05, 0.1) is 12.0 Å². The van der Waals surface area contributed by atoms with Gasteiger partial charge in [0.25, 0.3) is 0 Å². The first-order valence-electron chi connectivity index (χ1n) is 12.3. The van der Waals surface area contributed by atoms with E-state index in [-0.39, 0.29) is 23.0 Å². The normalized spacial score (nSPS) is 16.2. The predicted molar refractivity (Wildman–Crippen MR) is 141 cm³/mol. The maximum Gasteiger partial charge on any atom is 0.168 e. The summed E-state index contributed by atoms with van der Waals surface area (Å²) in [5, 5.41) is 10.1. The minimum atomic E-state index is -0.353. The summed E-state index contributed by atoms with van der Waals surface area (Å²) in [4.78, 5) is 13.1. The van der Waals surface area contributed by atoms with E-state index < -0.39 is 0 Å². The van der Waals surface area contributed by atoms with Crippen LogP contribution in [0.3, 0.4) is 0 Å². The molecule has 0 fully saturated rings. The highest BCUT2D eigenvalue weighted by atomic mass is 16.1. The van der Waals surface area contributed by atoms with E-state index in [9.17, 15) is 10.1 Å². The van der Waals surface area contributed by atoms with Crippen LogP contribution in [0.5, 0.6) is 0 Å². The molecule has 0 amide bonds. The van der Waals surface area contributed by atoms with E-state index >= 15 is 0 Å². The van der Waals surface area contributed by atoms with Crippen LogP contribution in [-0.4, -0.2) is 5.78 Å². The third-order valence-corrected chi connectivity index (χ3v) is 6.14. The number of nitriles is 1. The summed E-state index contributed by atoms with van der Waals surface area (Å²) in [6.45, 7) is 18.4. The van der Waals surface area contributed by atoms with E-state index in [1.807, 2.05) is 97.0 Å². The van der Waals surface area contributed by atoms with E-state index in [4.69, 9.17) is 0 Å². The maximum atomic E-state index is 13.1. The second-order valence-electron chi connectivity index (χ2n) is 8.71. The first kappa shape index (κ1) is 28.1. The van der Waals surface area contributed by atoms with Crippen molar-refractivity contribution in [3.8, 4) is 6.07 Å². The van der Waals surface area contributed by atoms with Crippen LogP contribution in [0, 0.1) is 16.7 Å². The van der Waals surface area contributed by atoms with Crippen LogP contribution in [0.1, 0.15) is 90.7 Å². The standard InChI is InChI=1S/C27H29NO.2C2H6/c1-19-15-16-27(3,4)26(29)25(19)20(2)17-23(21-11-7-5-8-12-21)24(18-28)22-13-9-6-10-14-22;2*1-2/h5-14,23-24H,2,15-17H2,1,3-4H3;2*1-2H3. The number of Topliss-reactive ketones (excluding diaryl/α,β-unsaturated/α-hetero) is 1. The van der Waals surface area contributed by atoms with Crippen LogP contribution >= 0.6 is 0 Å². The molecule has 0 radical (unpaired) electrons. The topological polar surface area (TPSA) is 40.9 Å². The first-order chi connectivity index (χ1) is 15.8. The lowest BCUT2D eigenvalue weighted by atomic mass is 9.69. The van der Waals surface area contributed by atoms with Crippen molar-refractivity contribution in [3.05, 3.63) is 95.1 Å². The number of hydrogen-bond acceptors (Lipinski definition) is 2. The molecule has 0 saturated heterocycles. The molecule has 33 heavy (non-hydrogen) atoms. The van der Waals surface area contributed by atoms with Crippen LogP contribution < -0.4 is 0 Å². The van der Waals surface area contributed by atoms with Crippen LogP contribution in [0.25, 0.3) is 0 Å². The van der Waals surface area contributed by atoms with Crippen molar-refractivity contribution in [1.29, 1.82) is 5.26 Å². The van der Waals surface area contributed by atoms with E-state index in [2.05, 4.69) is 24.8 Å². The number of nitrogens with zero attached hydrogens (tertiary/aromatic N) is 1. The highest BCUT2D eigenvalue weighted by Crippen LogP contribution is 2.43. The average molecular weight is 444 g/mol. The number of ketones is 1. The summed E-state index contributed by atoms with van der Waals surface area (Å²) in [6, 6.07) is 22.6. The zero-order valence-electron chi connectivity index (χ0n) is 21.6. The van der Waals surface area contributed by atoms with Gasteiger partial charge in [-0.1, -0.05) is 114 Å². The molecule has 2 atom stereocenters. The maximum absolute atomic E-state index is 13.1. The molecule has 0 N–H and O–H groups in total. The van der Waals surface area contributed by atoms with Gasteiger partial charge in [-0.05, 0) is 42.9 Å². The number of carbonyl (C=O) groups excluding carboxylic acids is 1. The molecule has 0 aromatic heterocycles. The Labute approximate surface area is 202 Å². The Morgan fingerprint density at radius 1 is 0.970 bits per heavy atom. The molecule has 3 rings (SSSR count). The zero-order chi connectivity index (χ0) is 25.0. The molecule has 2 unspecified atom stereocenters. The highest BCUT2D eigenvalue weighted by molar-refractivity contribution is 6.04. The van der Waals surface area contributed by atoms with Gasteiger partial charge < -0.3 is 0 Å². The van der Waals surface area contributed by atoms with Gasteiger partial charge in [0, 0.05) is 16.9 Å². The van der Waals surface area contributed by atoms with Gasteiger partial charge >= 0.3 is 0 Å². The Hall–Kier alpha value is -2.92. The number of allylic oxidation sites excluding steroid dienone is 3. The van der Waals surface area contributed by atoms with Crippen molar-refractivity contribution in [2.75, 3.05) is 0 Å². The number of rotatable bonds is 6. The summed E-state index contributed by atoms with van der Waals surface area (Å²) in [6.07, 6.45) is 2.39. The number of benzene rings is 2. The number of carbonyl (C=O) groups is 1. The van der Waals surface area contributed by atoms with E-state index in [0.29, 0.717) is 6.42 Å². The van der Waals surface area contributed by atoms with Gasteiger partial charge in [-0.3, -0.25) is 4.79 Å². The fourth-order valence-corrected chi connectivity index (χ4v) is 4.29. The molecule has 176 valence electrons. The monoisotopic (exact) mass is 443 g/mol. The van der Waals surface area contributed by atoms with Crippen LogP contribution in [0.15, 0.2) is 84.0 Å². The Morgan fingerprint density at radius 3 is 1.94 bits per heavy atom. The van der Waals surface area contributed by atoms with Crippen molar-refractivity contribution in [2.24, 2.45) is 5.41 Å². The average Bonchev–Trinajstić information content (AvgIpc) is 2.85. The van der Waals surface area contributed by atoms with Crippen LogP contribution in [0.2, 0.25) is 0 Å². The minimum absolute atomic E-state index is 0.0609. The van der Waals surface area contributed by atoms with Crippen molar-refractivity contribution >= 4 is 5.78 Å². The summed E-state index contributed by atoms with van der Waals surface area (Å²) in [7, 11) is 0. The fourth-order valence-electron chi connectivity index (χ4n) is 4.29. The highest BCUT2D eigenvalue weighted by Gasteiger charge is 2.37. The molecule has 0 aliphatic heterocycles. The van der Waals surface area contributed by atoms with Crippen LogP contribution in [0.4, 0.5) is 0 Å². The van der Waals surface area contributed by atoms with Crippen molar-refractivity contribution in [2.45, 2.75) is 79.6 Å². The van der Waals surface area contributed by atoms with E-state index in [1.54, 1.807) is 0 Å². The van der Waals surface area contributed by atoms with Crippen molar-refractivity contribution < 1.29 is 4.79 Å². The number of hydrogen-bond donors (Lipinski definition) is 0. The molecule has 2 aromatic rings. The quantitative estimate of drug-likeness (QED) is 0.447. The SMILES string of the molecule is C=C(CC(c1ccccc1)C(C#N)c1ccccc1)C1=C(C)CCC(C)(C)C1=O.CC.CC. The largest absolute Gasteiger partial charge is 0.294 e. The Balaban J connectivity index is 0.00000129. The smallest absolute Gasteiger partial charge is 0.168 e. The molecule has 2 aromatic carbocycles. The molecule has 0 spiro atoms. The Bertz CT molecular complexity index is 961. The lowest BCUT2D eigenvalue weighted by Gasteiger charge is -2.33. The molecular formula is C31H41NO. The lowest BCUT2D eigenvalue weighted by molar-refractivity contribution is -0.124. The van der Waals surface area contributed by atoms with Gasteiger partial charge in [-0.15, -0.1) is 0 Å². The molecule has 0 heterocycles. The summed E-state index contributed by atoms with van der Waals surface area (Å²) in [5.41, 5.74) is 4.52. The summed E-state index contributed by atoms with van der Waals surface area (Å²) < 4.78 is 0. The zero-order valence-corrected chi connectivity index (χ0v) is 21.6. The van der Waals surface area contributed by atoms with E-state index in [0.717, 1.165) is 40.7 Å². The van der Waals surface area contributed by atoms with Gasteiger partial charge in [0.2, 0.25) is 0 Å². The van der Waals surface area contributed by atoms with Gasteiger partial charge in [0.15, 0.2) is 5.78 Å². The molecular weight excluding hydrogens is 402 g/mol. The third-order valence-electron chi connectivity index (χ3n) is 6.14. The van der Waals surface area contributed by atoms with Crippen LogP contribution in [-0.2, 0) is 4.79 Å². The van der Waals surface area contributed by atoms with Gasteiger partial charge in [0.1, 0.15) is 0 Å². The Kier molecular flexibility index (Phi) is 11.6. The minimum Gasteiger partial charge on any atom is -0.294 e. The van der Waals surface area contributed by atoms with Gasteiger partial charge in [-0.2, -0.15) is 5.26 Å². The van der Waals surface area contributed by atoms with Crippen molar-refractivity contribution in [3.63, 3.8) is 0 Å². The van der Waals surface area contributed by atoms with Crippen molar-refractivity contribution in [1.82, 2.24) is 0 Å². The lowest BCUT2D eigenvalue weighted by Crippen LogP contribution is -2.31.